The predicted molar refractivity (Wildman–Crippen MR) is 171 cm³/mol. The second-order valence-electron chi connectivity index (χ2n) is 10.6. The highest BCUT2D eigenvalue weighted by atomic mass is 35.5. The van der Waals surface area contributed by atoms with Crippen molar-refractivity contribution in [2.75, 3.05) is 29.9 Å². The van der Waals surface area contributed by atoms with Crippen LogP contribution in [0.25, 0.3) is 22.3 Å². The molecule has 0 saturated carbocycles. The Labute approximate surface area is 246 Å². The number of benzene rings is 2. The molecule has 0 aliphatic carbocycles. The number of piperidine rings is 1. The average molecular weight is 576 g/mol. The molecule has 0 amide bonds. The van der Waals surface area contributed by atoms with Crippen molar-refractivity contribution >= 4 is 69.0 Å². The number of pyridine rings is 1. The van der Waals surface area contributed by atoms with Crippen LogP contribution in [0.1, 0.15) is 29.5 Å². The number of rotatable bonds is 5. The minimum absolute atomic E-state index is 0.543. The number of nitrogens with one attached hydrogen (secondary N) is 1. The Morgan fingerprint density at radius 3 is 2.44 bits per heavy atom. The van der Waals surface area contributed by atoms with Crippen LogP contribution in [-0.4, -0.2) is 45.8 Å². The molecule has 39 heavy (non-hydrogen) atoms. The second-order valence-corrected chi connectivity index (χ2v) is 12.5. The summed E-state index contributed by atoms with van der Waals surface area (Å²) < 4.78 is 0. The predicted octanol–water partition coefficient (Wildman–Crippen LogP) is 6.53. The molecule has 0 atom stereocenters. The van der Waals surface area contributed by atoms with Gasteiger partial charge in [-0.3, -0.25) is 4.90 Å². The van der Waals surface area contributed by atoms with Gasteiger partial charge < -0.3 is 14.8 Å². The Hall–Kier alpha value is -2.58. The number of nitrogens with zero attached hydrogens (tertiary/aromatic N) is 4. The molecule has 5 nitrogen and oxygen atoms in total. The highest BCUT2D eigenvalue weighted by Crippen LogP contribution is 2.40. The molecule has 1 N–H and O–H groups in total. The maximum Gasteiger partial charge on any atom is 0.382 e. The van der Waals surface area contributed by atoms with Crippen LogP contribution in [0, 0.1) is 6.92 Å². The van der Waals surface area contributed by atoms with Gasteiger partial charge in [-0.15, -0.1) is 0 Å². The fourth-order valence-corrected chi connectivity index (χ4v) is 6.36. The van der Waals surface area contributed by atoms with Crippen molar-refractivity contribution in [1.29, 1.82) is 0 Å². The van der Waals surface area contributed by atoms with Crippen molar-refractivity contribution < 1.29 is 0 Å². The maximum atomic E-state index is 6.06. The zero-order chi connectivity index (χ0) is 27.3. The summed E-state index contributed by atoms with van der Waals surface area (Å²) in [6.07, 6.45) is 4.28. The van der Waals surface area contributed by atoms with Gasteiger partial charge in [0.15, 0.2) is 0 Å². The van der Waals surface area contributed by atoms with Crippen LogP contribution >= 0.6 is 35.5 Å². The Bertz CT molecular complexity index is 1510. The van der Waals surface area contributed by atoms with E-state index in [-0.39, 0.29) is 0 Å². The van der Waals surface area contributed by atoms with E-state index in [0.717, 1.165) is 53.6 Å². The summed E-state index contributed by atoms with van der Waals surface area (Å²) >= 11 is 16.8. The monoisotopic (exact) mass is 575 g/mol. The first kappa shape index (κ1) is 26.6. The van der Waals surface area contributed by atoms with E-state index in [1.807, 2.05) is 37.5 Å². The largest absolute Gasteiger partial charge is 0.382 e. The summed E-state index contributed by atoms with van der Waals surface area (Å²) in [5, 5.41) is 1.72. The number of hydrogen-bond donors (Lipinski definition) is 2. The summed E-state index contributed by atoms with van der Waals surface area (Å²) in [5.41, 5.74) is 9.44. The molecule has 2 aromatic carbocycles. The SMILES string of the molecule is C=C1N(C)c2cnc3[nH]c(-c4ccc(CN5CCC(S)CC5)cc4)c(C)c3c2CN1c1ccc(B(Cl)Cl)cc1. The number of fused-ring (bicyclic) bond motifs is 3. The molecule has 4 aromatic rings. The van der Waals surface area contributed by atoms with Crippen molar-refractivity contribution in [3.8, 4) is 11.3 Å². The van der Waals surface area contributed by atoms with Gasteiger partial charge in [-0.05, 0) is 67.1 Å². The van der Waals surface area contributed by atoms with Crippen molar-refractivity contribution in [3.63, 3.8) is 0 Å². The summed E-state index contributed by atoms with van der Waals surface area (Å²) in [7, 11) is 2.04. The Morgan fingerprint density at radius 2 is 1.77 bits per heavy atom. The van der Waals surface area contributed by atoms with Crippen LogP contribution in [0.4, 0.5) is 11.4 Å². The lowest BCUT2D eigenvalue weighted by atomic mass is 9.93. The van der Waals surface area contributed by atoms with Gasteiger partial charge >= 0.3 is 5.54 Å². The number of anilines is 2. The first-order valence-corrected chi connectivity index (χ1v) is 14.8. The number of aryl methyl sites for hydroxylation is 1. The van der Waals surface area contributed by atoms with Gasteiger partial charge in [0.1, 0.15) is 11.5 Å². The lowest BCUT2D eigenvalue weighted by Gasteiger charge is -2.39. The average Bonchev–Trinajstić information content (AvgIpc) is 3.29. The molecule has 6 rings (SSSR count). The molecule has 0 unspecified atom stereocenters. The number of halogens is 2. The number of hydrogen-bond acceptors (Lipinski definition) is 5. The second kappa shape index (κ2) is 10.8. The molecule has 0 radical (unpaired) electrons. The molecule has 4 heterocycles. The molecular formula is C30H32BCl2N5S. The molecule has 1 fully saturated rings. The first-order valence-electron chi connectivity index (χ1n) is 13.4. The van der Waals surface area contributed by atoms with E-state index in [9.17, 15) is 0 Å². The molecule has 9 heteroatoms. The first-order chi connectivity index (χ1) is 18.8. The van der Waals surface area contributed by atoms with Gasteiger partial charge in [0.2, 0.25) is 0 Å². The lowest BCUT2D eigenvalue weighted by Crippen LogP contribution is -2.37. The van der Waals surface area contributed by atoms with Crippen molar-refractivity contribution in [2.45, 2.75) is 38.1 Å². The smallest absolute Gasteiger partial charge is 0.339 e. The van der Waals surface area contributed by atoms with Crippen LogP contribution < -0.4 is 15.3 Å². The molecular weight excluding hydrogens is 544 g/mol. The number of H-pyrrole nitrogens is 1. The summed E-state index contributed by atoms with van der Waals surface area (Å²) in [5.74, 6) is 0.896. The van der Waals surface area contributed by atoms with Crippen molar-refractivity contribution in [1.82, 2.24) is 14.9 Å². The molecule has 200 valence electrons. The summed E-state index contributed by atoms with van der Waals surface area (Å²) in [6.45, 7) is 10.5. The Morgan fingerprint density at radius 1 is 1.08 bits per heavy atom. The molecule has 1 saturated heterocycles. The summed E-state index contributed by atoms with van der Waals surface area (Å²) in [6, 6.07) is 17.0. The van der Waals surface area contributed by atoms with Gasteiger partial charge in [0.25, 0.3) is 0 Å². The summed E-state index contributed by atoms with van der Waals surface area (Å²) in [4.78, 5) is 15.3. The molecule has 2 aromatic heterocycles. The third-order valence-corrected chi connectivity index (χ3v) is 9.22. The van der Waals surface area contributed by atoms with E-state index in [2.05, 4.69) is 70.1 Å². The molecule has 2 aliphatic rings. The fraction of sp³-hybridized carbons (Fsp3) is 0.300. The van der Waals surface area contributed by atoms with Crippen LogP contribution in [0.3, 0.4) is 0 Å². The highest BCUT2D eigenvalue weighted by Gasteiger charge is 2.28. The quantitative estimate of drug-likeness (QED) is 0.209. The van der Waals surface area contributed by atoms with E-state index in [1.54, 1.807) is 0 Å². The topological polar surface area (TPSA) is 38.4 Å². The minimum Gasteiger partial charge on any atom is -0.339 e. The fourth-order valence-electron chi connectivity index (χ4n) is 5.83. The van der Waals surface area contributed by atoms with Crippen LogP contribution in [0.5, 0.6) is 0 Å². The number of likely N-dealkylation sites (tertiary alicyclic amines) is 1. The van der Waals surface area contributed by atoms with E-state index in [4.69, 9.17) is 27.9 Å². The molecule has 0 spiro atoms. The number of aromatic amines is 1. The van der Waals surface area contributed by atoms with E-state index in [0.29, 0.717) is 11.8 Å². The van der Waals surface area contributed by atoms with E-state index >= 15 is 0 Å². The highest BCUT2D eigenvalue weighted by molar-refractivity contribution is 7.80. The van der Waals surface area contributed by atoms with Gasteiger partial charge in [-0.1, -0.05) is 43.0 Å². The molecule has 0 bridgehead atoms. The third kappa shape index (κ3) is 5.06. The zero-order valence-electron chi connectivity index (χ0n) is 22.3. The number of aromatic nitrogens is 2. The van der Waals surface area contributed by atoms with Crippen LogP contribution in [0.15, 0.2) is 67.1 Å². The van der Waals surface area contributed by atoms with E-state index < -0.39 is 5.54 Å². The standard InChI is InChI=1S/C30H32BCl2N5S/c1-19-28-26-18-38(24-10-8-23(9-11-24)31(32)33)20(2)36(3)27(26)16-34-30(28)35-29(19)22-6-4-21(5-7-22)17-37-14-12-25(39)13-15-37/h4-11,16,25,39H,2,12-15,17-18H2,1,3H3,(H,34,35). The molecule has 2 aliphatic heterocycles. The normalized spacial score (nSPS) is 16.7. The maximum absolute atomic E-state index is 6.06. The van der Waals surface area contributed by atoms with Gasteiger partial charge in [-0.25, -0.2) is 4.98 Å². The van der Waals surface area contributed by atoms with Crippen LogP contribution in [-0.2, 0) is 13.1 Å². The Balaban J connectivity index is 1.31. The number of thiol groups is 1. The van der Waals surface area contributed by atoms with Gasteiger partial charge in [0, 0.05) is 35.5 Å². The van der Waals surface area contributed by atoms with E-state index in [1.165, 1.54) is 40.5 Å². The third-order valence-electron chi connectivity index (χ3n) is 8.20. The van der Waals surface area contributed by atoms with Crippen molar-refractivity contribution in [3.05, 3.63) is 83.8 Å². The van der Waals surface area contributed by atoms with Gasteiger partial charge in [0.05, 0.1) is 24.1 Å². The van der Waals surface area contributed by atoms with Gasteiger partial charge in [-0.2, -0.15) is 35.5 Å². The van der Waals surface area contributed by atoms with Crippen LogP contribution in [0.2, 0.25) is 0 Å². The van der Waals surface area contributed by atoms with Crippen molar-refractivity contribution in [2.24, 2.45) is 0 Å². The minimum atomic E-state index is -0.543. The Kier molecular flexibility index (Phi) is 7.36. The zero-order valence-corrected chi connectivity index (χ0v) is 24.7. The lowest BCUT2D eigenvalue weighted by molar-refractivity contribution is 0.225.